The molecule has 0 bridgehead atoms. The lowest BCUT2D eigenvalue weighted by molar-refractivity contribution is 0.292. The zero-order valence-corrected chi connectivity index (χ0v) is 10.8. The van der Waals surface area contributed by atoms with Gasteiger partial charge in [0.15, 0.2) is 0 Å². The van der Waals surface area contributed by atoms with Gasteiger partial charge >= 0.3 is 0 Å². The summed E-state index contributed by atoms with van der Waals surface area (Å²) in [5.41, 5.74) is 1.52. The smallest absolute Gasteiger partial charge is 0.00787 e. The third-order valence-corrected chi connectivity index (χ3v) is 4.06. The van der Waals surface area contributed by atoms with Gasteiger partial charge in [-0.15, -0.1) is 0 Å². The van der Waals surface area contributed by atoms with Gasteiger partial charge in [0, 0.05) is 6.04 Å². The van der Waals surface area contributed by atoms with Crippen LogP contribution in [0, 0.1) is 0 Å². The van der Waals surface area contributed by atoms with Crippen LogP contribution in [-0.2, 0) is 0 Å². The maximum absolute atomic E-state index is 3.64. The fraction of sp³-hybridized carbons (Fsp3) is 0.571. The molecule has 0 aromatic heterocycles. The van der Waals surface area contributed by atoms with Crippen molar-refractivity contribution in [2.45, 2.75) is 31.2 Å². The van der Waals surface area contributed by atoms with E-state index in [0.717, 1.165) is 12.0 Å². The second-order valence-electron chi connectivity index (χ2n) is 4.58. The molecule has 0 spiro atoms. The third kappa shape index (κ3) is 3.26. The Morgan fingerprint density at radius 3 is 2.69 bits per heavy atom. The summed E-state index contributed by atoms with van der Waals surface area (Å²) >= 11 is 1.94. The van der Waals surface area contributed by atoms with E-state index in [1.807, 2.05) is 11.8 Å². The number of benzene rings is 1. The van der Waals surface area contributed by atoms with Crippen molar-refractivity contribution in [1.29, 1.82) is 0 Å². The summed E-state index contributed by atoms with van der Waals surface area (Å²) in [6, 6.07) is 11.7. The Bertz CT molecular complexity index is 293. The van der Waals surface area contributed by atoms with Gasteiger partial charge in [0.1, 0.15) is 0 Å². The van der Waals surface area contributed by atoms with Crippen molar-refractivity contribution in [2.75, 3.05) is 18.6 Å². The molecule has 0 unspecified atom stereocenters. The highest BCUT2D eigenvalue weighted by Crippen LogP contribution is 2.36. The second kappa shape index (κ2) is 6.31. The van der Waals surface area contributed by atoms with Gasteiger partial charge in [-0.3, -0.25) is 0 Å². The number of hydrogen-bond acceptors (Lipinski definition) is 2. The standard InChI is InChI=1S/C14H21NS/c1-16-9-5-8-15-14-10-13(11-14)12-6-3-2-4-7-12/h2-4,6-7,13-15H,5,8-11H2,1H3. The molecule has 0 radical (unpaired) electrons. The van der Waals surface area contributed by atoms with Crippen LogP contribution in [0.3, 0.4) is 0 Å². The van der Waals surface area contributed by atoms with E-state index in [0.29, 0.717) is 0 Å². The molecule has 1 fully saturated rings. The van der Waals surface area contributed by atoms with E-state index >= 15 is 0 Å². The molecule has 0 amide bonds. The van der Waals surface area contributed by atoms with E-state index in [4.69, 9.17) is 0 Å². The third-order valence-electron chi connectivity index (χ3n) is 3.37. The lowest BCUT2D eigenvalue weighted by atomic mass is 9.76. The normalized spacial score (nSPS) is 24.1. The number of hydrogen-bond donors (Lipinski definition) is 1. The second-order valence-corrected chi connectivity index (χ2v) is 5.56. The van der Waals surface area contributed by atoms with Gasteiger partial charge in [-0.2, -0.15) is 11.8 Å². The van der Waals surface area contributed by atoms with Crippen LogP contribution in [-0.4, -0.2) is 24.6 Å². The average molecular weight is 235 g/mol. The quantitative estimate of drug-likeness (QED) is 0.760. The minimum Gasteiger partial charge on any atom is -0.314 e. The number of nitrogens with one attached hydrogen (secondary N) is 1. The molecule has 0 atom stereocenters. The van der Waals surface area contributed by atoms with Gasteiger partial charge in [-0.05, 0) is 49.3 Å². The Morgan fingerprint density at radius 1 is 1.25 bits per heavy atom. The number of rotatable bonds is 6. The first-order valence-electron chi connectivity index (χ1n) is 6.17. The molecule has 0 saturated heterocycles. The topological polar surface area (TPSA) is 12.0 Å². The average Bonchev–Trinajstić information content (AvgIpc) is 2.28. The highest BCUT2D eigenvalue weighted by atomic mass is 32.2. The van der Waals surface area contributed by atoms with E-state index in [1.165, 1.54) is 37.1 Å². The van der Waals surface area contributed by atoms with Crippen LogP contribution in [0.25, 0.3) is 0 Å². The van der Waals surface area contributed by atoms with Crippen LogP contribution in [0.2, 0.25) is 0 Å². The zero-order chi connectivity index (χ0) is 11.2. The molecular formula is C14H21NS. The minimum atomic E-state index is 0.770. The van der Waals surface area contributed by atoms with Gasteiger partial charge in [0.25, 0.3) is 0 Å². The van der Waals surface area contributed by atoms with Crippen molar-refractivity contribution in [3.05, 3.63) is 35.9 Å². The zero-order valence-electron chi connectivity index (χ0n) is 9.99. The summed E-state index contributed by atoms with van der Waals surface area (Å²) in [7, 11) is 0. The van der Waals surface area contributed by atoms with Crippen LogP contribution in [0.1, 0.15) is 30.7 Å². The van der Waals surface area contributed by atoms with Crippen LogP contribution < -0.4 is 5.32 Å². The van der Waals surface area contributed by atoms with Gasteiger partial charge in [-0.1, -0.05) is 30.3 Å². The van der Waals surface area contributed by atoms with Gasteiger partial charge < -0.3 is 5.32 Å². The Morgan fingerprint density at radius 2 is 2.00 bits per heavy atom. The monoisotopic (exact) mass is 235 g/mol. The van der Waals surface area contributed by atoms with Crippen molar-refractivity contribution in [1.82, 2.24) is 5.32 Å². The molecule has 1 aliphatic rings. The molecular weight excluding hydrogens is 214 g/mol. The predicted molar refractivity (Wildman–Crippen MR) is 73.2 cm³/mol. The van der Waals surface area contributed by atoms with E-state index < -0.39 is 0 Å². The Kier molecular flexibility index (Phi) is 4.73. The van der Waals surface area contributed by atoms with E-state index in [9.17, 15) is 0 Å². The lowest BCUT2D eigenvalue weighted by Gasteiger charge is -2.36. The maximum atomic E-state index is 3.64. The van der Waals surface area contributed by atoms with Crippen molar-refractivity contribution >= 4 is 11.8 Å². The molecule has 1 aromatic carbocycles. The molecule has 1 aromatic rings. The van der Waals surface area contributed by atoms with Gasteiger partial charge in [-0.25, -0.2) is 0 Å². The van der Waals surface area contributed by atoms with E-state index in [-0.39, 0.29) is 0 Å². The maximum Gasteiger partial charge on any atom is 0.00787 e. The first-order valence-corrected chi connectivity index (χ1v) is 7.57. The predicted octanol–water partition coefficient (Wildman–Crippen LogP) is 3.28. The minimum absolute atomic E-state index is 0.770. The highest BCUT2D eigenvalue weighted by molar-refractivity contribution is 7.98. The Hall–Kier alpha value is -0.470. The van der Waals surface area contributed by atoms with Crippen molar-refractivity contribution in [3.63, 3.8) is 0 Å². The first-order chi connectivity index (χ1) is 7.90. The van der Waals surface area contributed by atoms with Crippen LogP contribution in [0.15, 0.2) is 30.3 Å². The molecule has 1 nitrogen and oxygen atoms in total. The largest absolute Gasteiger partial charge is 0.314 e. The number of thioether (sulfide) groups is 1. The fourth-order valence-corrected chi connectivity index (χ4v) is 2.74. The summed E-state index contributed by atoms with van der Waals surface area (Å²) in [6.07, 6.45) is 6.12. The fourth-order valence-electron chi connectivity index (χ4n) is 2.30. The molecule has 1 N–H and O–H groups in total. The van der Waals surface area contributed by atoms with Crippen LogP contribution in [0.5, 0.6) is 0 Å². The molecule has 16 heavy (non-hydrogen) atoms. The molecule has 0 heterocycles. The Labute approximate surface area is 103 Å². The molecule has 1 saturated carbocycles. The SMILES string of the molecule is CSCCCNC1CC(c2ccccc2)C1. The lowest BCUT2D eigenvalue weighted by Crippen LogP contribution is -2.40. The van der Waals surface area contributed by atoms with E-state index in [2.05, 4.69) is 41.9 Å². The molecule has 1 aliphatic carbocycles. The van der Waals surface area contributed by atoms with Crippen molar-refractivity contribution in [3.8, 4) is 0 Å². The molecule has 88 valence electrons. The van der Waals surface area contributed by atoms with Crippen LogP contribution in [0.4, 0.5) is 0 Å². The van der Waals surface area contributed by atoms with Gasteiger partial charge in [0.05, 0.1) is 0 Å². The van der Waals surface area contributed by atoms with Crippen molar-refractivity contribution in [2.24, 2.45) is 0 Å². The van der Waals surface area contributed by atoms with E-state index in [1.54, 1.807) is 0 Å². The molecule has 2 rings (SSSR count). The summed E-state index contributed by atoms with van der Waals surface area (Å²) in [5.74, 6) is 2.08. The molecule has 2 heteroatoms. The summed E-state index contributed by atoms with van der Waals surface area (Å²) in [4.78, 5) is 0. The van der Waals surface area contributed by atoms with Crippen LogP contribution >= 0.6 is 11.8 Å². The summed E-state index contributed by atoms with van der Waals surface area (Å²) in [5, 5.41) is 3.64. The van der Waals surface area contributed by atoms with Gasteiger partial charge in [0.2, 0.25) is 0 Å². The molecule has 0 aliphatic heterocycles. The summed E-state index contributed by atoms with van der Waals surface area (Å²) in [6.45, 7) is 1.19. The highest BCUT2D eigenvalue weighted by Gasteiger charge is 2.29. The van der Waals surface area contributed by atoms with Crippen molar-refractivity contribution < 1.29 is 0 Å². The summed E-state index contributed by atoms with van der Waals surface area (Å²) < 4.78 is 0. The Balaban J connectivity index is 1.63. The first kappa shape index (κ1) is 12.0.